The normalized spacial score (nSPS) is 12.4. The summed E-state index contributed by atoms with van der Waals surface area (Å²) < 4.78 is 0. The molecule has 1 aromatic heterocycles. The van der Waals surface area contributed by atoms with E-state index in [4.69, 9.17) is 0 Å². The van der Waals surface area contributed by atoms with Gasteiger partial charge in [0.2, 0.25) is 0 Å². The molecule has 0 amide bonds. The van der Waals surface area contributed by atoms with Crippen molar-refractivity contribution in [3.05, 3.63) is 45.9 Å². The summed E-state index contributed by atoms with van der Waals surface area (Å²) in [4.78, 5) is 4.40. The van der Waals surface area contributed by atoms with Crippen molar-refractivity contribution in [3.8, 4) is 0 Å². The van der Waals surface area contributed by atoms with Crippen LogP contribution in [-0.2, 0) is 0 Å². The van der Waals surface area contributed by atoms with Crippen molar-refractivity contribution >= 4 is 17.0 Å². The van der Waals surface area contributed by atoms with E-state index >= 15 is 0 Å². The summed E-state index contributed by atoms with van der Waals surface area (Å²) in [5, 5.41) is 15.7. The molecule has 1 aromatic carbocycles. The van der Waals surface area contributed by atoms with Crippen molar-refractivity contribution in [3.63, 3.8) is 0 Å². The van der Waals surface area contributed by atoms with Crippen molar-refractivity contribution in [2.24, 2.45) is 0 Å². The maximum atomic E-state index is 9.42. The molecule has 0 saturated carbocycles. The van der Waals surface area contributed by atoms with Gasteiger partial charge in [0, 0.05) is 11.1 Å². The largest absolute Gasteiger partial charge is 0.394 e. The monoisotopic (exact) mass is 248 g/mol. The summed E-state index contributed by atoms with van der Waals surface area (Å²) in [6.07, 6.45) is 0. The minimum atomic E-state index is -0.137. The summed E-state index contributed by atoms with van der Waals surface area (Å²) in [5.41, 5.74) is 3.10. The molecule has 4 heteroatoms. The highest BCUT2D eigenvalue weighted by molar-refractivity contribution is 7.09. The van der Waals surface area contributed by atoms with E-state index in [0.29, 0.717) is 0 Å². The molecule has 2 rings (SSSR count). The molecule has 0 radical (unpaired) electrons. The molecule has 0 spiro atoms. The van der Waals surface area contributed by atoms with Gasteiger partial charge >= 0.3 is 0 Å². The number of aliphatic hydroxyl groups excluding tert-OH is 1. The Balaban J connectivity index is 2.15. The predicted molar refractivity (Wildman–Crippen MR) is 71.5 cm³/mol. The Bertz CT molecular complexity index is 496. The van der Waals surface area contributed by atoms with Gasteiger partial charge in [-0.3, -0.25) is 0 Å². The van der Waals surface area contributed by atoms with Crippen molar-refractivity contribution in [2.45, 2.75) is 19.9 Å². The minimum absolute atomic E-state index is 0.0388. The first-order valence-electron chi connectivity index (χ1n) is 5.55. The number of aliphatic hydroxyl groups is 1. The van der Waals surface area contributed by atoms with Crippen LogP contribution in [0.15, 0.2) is 29.6 Å². The third-order valence-electron chi connectivity index (χ3n) is 2.54. The highest BCUT2D eigenvalue weighted by Gasteiger charge is 2.13. The second kappa shape index (κ2) is 5.29. The zero-order chi connectivity index (χ0) is 12.3. The van der Waals surface area contributed by atoms with Crippen LogP contribution in [0.5, 0.6) is 0 Å². The first-order valence-corrected chi connectivity index (χ1v) is 6.43. The molecule has 0 fully saturated rings. The Morgan fingerprint density at radius 2 is 2.24 bits per heavy atom. The molecule has 0 aliphatic rings. The maximum absolute atomic E-state index is 9.42. The lowest BCUT2D eigenvalue weighted by molar-refractivity contribution is 0.274. The molecule has 0 bridgehead atoms. The highest BCUT2D eigenvalue weighted by Crippen LogP contribution is 2.21. The Morgan fingerprint density at radius 1 is 1.41 bits per heavy atom. The quantitative estimate of drug-likeness (QED) is 0.874. The fourth-order valence-corrected chi connectivity index (χ4v) is 2.36. The third kappa shape index (κ3) is 3.05. The van der Waals surface area contributed by atoms with E-state index in [-0.39, 0.29) is 12.6 Å². The molecule has 0 aliphatic carbocycles. The van der Waals surface area contributed by atoms with E-state index in [1.165, 1.54) is 5.56 Å². The average Bonchev–Trinajstić information content (AvgIpc) is 2.73. The molecule has 0 saturated heterocycles. The van der Waals surface area contributed by atoms with Gasteiger partial charge in [0.25, 0.3) is 0 Å². The summed E-state index contributed by atoms with van der Waals surface area (Å²) >= 11 is 1.60. The van der Waals surface area contributed by atoms with Gasteiger partial charge in [-0.1, -0.05) is 12.1 Å². The molecule has 1 unspecified atom stereocenters. The van der Waals surface area contributed by atoms with Crippen LogP contribution < -0.4 is 5.32 Å². The van der Waals surface area contributed by atoms with Crippen molar-refractivity contribution in [1.82, 2.24) is 4.98 Å². The first-order chi connectivity index (χ1) is 8.19. The summed E-state index contributed by atoms with van der Waals surface area (Å²) in [6, 6.07) is 7.96. The number of benzene rings is 1. The average molecular weight is 248 g/mol. The number of aromatic nitrogens is 1. The van der Waals surface area contributed by atoms with E-state index in [1.807, 2.05) is 37.4 Å². The Hall–Kier alpha value is -1.39. The van der Waals surface area contributed by atoms with Crippen LogP contribution in [-0.4, -0.2) is 16.7 Å². The van der Waals surface area contributed by atoms with E-state index in [9.17, 15) is 5.11 Å². The lowest BCUT2D eigenvalue weighted by Gasteiger charge is -2.15. The van der Waals surface area contributed by atoms with Crippen LogP contribution >= 0.6 is 11.3 Å². The van der Waals surface area contributed by atoms with Gasteiger partial charge in [-0.05, 0) is 31.5 Å². The van der Waals surface area contributed by atoms with Gasteiger partial charge < -0.3 is 10.4 Å². The zero-order valence-corrected chi connectivity index (χ0v) is 10.8. The van der Waals surface area contributed by atoms with E-state index in [0.717, 1.165) is 16.4 Å². The number of hydrogen-bond acceptors (Lipinski definition) is 4. The molecular weight excluding hydrogens is 232 g/mol. The molecular formula is C13H16N2OS. The van der Waals surface area contributed by atoms with Crippen LogP contribution in [0.2, 0.25) is 0 Å². The van der Waals surface area contributed by atoms with Gasteiger partial charge in [-0.2, -0.15) is 0 Å². The standard InChI is InChI=1S/C13H16N2OS/c1-9-4-3-5-11(6-9)15-12(7-16)13-8-17-10(2)14-13/h3-6,8,12,15-16H,7H2,1-2H3. The number of thiazole rings is 1. The predicted octanol–water partition coefficient (Wildman–Crippen LogP) is 2.91. The second-order valence-electron chi connectivity index (χ2n) is 4.04. The molecule has 2 N–H and O–H groups in total. The molecule has 3 nitrogen and oxygen atoms in total. The van der Waals surface area contributed by atoms with Crippen LogP contribution in [0.25, 0.3) is 0 Å². The van der Waals surface area contributed by atoms with Crippen LogP contribution in [0, 0.1) is 13.8 Å². The summed E-state index contributed by atoms with van der Waals surface area (Å²) in [5.74, 6) is 0. The number of aryl methyl sites for hydroxylation is 2. The first kappa shape index (κ1) is 12.1. The fourth-order valence-electron chi connectivity index (χ4n) is 1.69. The van der Waals surface area contributed by atoms with Gasteiger partial charge in [0.15, 0.2) is 0 Å². The Labute approximate surface area is 105 Å². The van der Waals surface area contributed by atoms with Gasteiger partial charge in [-0.15, -0.1) is 11.3 Å². The number of anilines is 1. The van der Waals surface area contributed by atoms with Crippen LogP contribution in [0.1, 0.15) is 22.3 Å². The Morgan fingerprint density at radius 3 is 2.82 bits per heavy atom. The second-order valence-corrected chi connectivity index (χ2v) is 5.10. The van der Waals surface area contributed by atoms with Crippen LogP contribution in [0.4, 0.5) is 5.69 Å². The molecule has 90 valence electrons. The van der Waals surface area contributed by atoms with Crippen molar-refractivity contribution in [1.29, 1.82) is 0 Å². The molecule has 17 heavy (non-hydrogen) atoms. The van der Waals surface area contributed by atoms with Gasteiger partial charge in [0.05, 0.1) is 23.4 Å². The number of nitrogens with one attached hydrogen (secondary N) is 1. The highest BCUT2D eigenvalue weighted by atomic mass is 32.1. The van der Waals surface area contributed by atoms with Gasteiger partial charge in [-0.25, -0.2) is 4.98 Å². The lowest BCUT2D eigenvalue weighted by Crippen LogP contribution is -2.15. The zero-order valence-electron chi connectivity index (χ0n) is 9.97. The number of nitrogens with zero attached hydrogens (tertiary/aromatic N) is 1. The third-order valence-corrected chi connectivity index (χ3v) is 3.33. The maximum Gasteiger partial charge on any atom is 0.0926 e. The Kier molecular flexibility index (Phi) is 3.76. The van der Waals surface area contributed by atoms with E-state index < -0.39 is 0 Å². The summed E-state index contributed by atoms with van der Waals surface area (Å²) in [7, 11) is 0. The van der Waals surface area contributed by atoms with E-state index in [1.54, 1.807) is 11.3 Å². The number of hydrogen-bond donors (Lipinski definition) is 2. The van der Waals surface area contributed by atoms with Crippen molar-refractivity contribution in [2.75, 3.05) is 11.9 Å². The fraction of sp³-hybridized carbons (Fsp3) is 0.308. The van der Waals surface area contributed by atoms with Crippen LogP contribution in [0.3, 0.4) is 0 Å². The van der Waals surface area contributed by atoms with Crippen molar-refractivity contribution < 1.29 is 5.11 Å². The summed E-state index contributed by atoms with van der Waals surface area (Å²) in [6.45, 7) is 4.05. The molecule has 1 atom stereocenters. The molecule has 2 aromatic rings. The minimum Gasteiger partial charge on any atom is -0.394 e. The van der Waals surface area contributed by atoms with Gasteiger partial charge in [0.1, 0.15) is 0 Å². The molecule has 0 aliphatic heterocycles. The smallest absolute Gasteiger partial charge is 0.0926 e. The van der Waals surface area contributed by atoms with E-state index in [2.05, 4.69) is 16.4 Å². The molecule has 1 heterocycles. The SMILES string of the molecule is Cc1cccc(NC(CO)c2csc(C)n2)c1. The number of rotatable bonds is 4. The lowest BCUT2D eigenvalue weighted by atomic mass is 10.2. The topological polar surface area (TPSA) is 45.1 Å².